The second kappa shape index (κ2) is 66.9. The Labute approximate surface area is 486 Å². The second-order valence-corrected chi connectivity index (χ2v) is 23.4. The Kier molecular flexibility index (Phi) is 64.6. The minimum Gasteiger partial charge on any atom is -0.462 e. The van der Waals surface area contributed by atoms with Gasteiger partial charge >= 0.3 is 17.9 Å². The normalized spacial score (nSPS) is 12.3. The third kappa shape index (κ3) is 64.2. The van der Waals surface area contributed by atoms with Crippen LogP contribution in [0, 0.1) is 0 Å². The Morgan fingerprint density at radius 2 is 0.474 bits per heavy atom. The quantitative estimate of drug-likeness (QED) is 0.0261. The van der Waals surface area contributed by atoms with Crippen molar-refractivity contribution in [1.29, 1.82) is 0 Å². The van der Waals surface area contributed by atoms with E-state index in [9.17, 15) is 14.4 Å². The minimum atomic E-state index is -0.783. The number of hydrogen-bond donors (Lipinski definition) is 0. The Morgan fingerprint density at radius 3 is 0.769 bits per heavy atom. The lowest BCUT2D eigenvalue weighted by Crippen LogP contribution is -2.30. The zero-order valence-electron chi connectivity index (χ0n) is 52.5. The predicted molar refractivity (Wildman–Crippen MR) is 339 cm³/mol. The van der Waals surface area contributed by atoms with Crippen LogP contribution >= 0.6 is 0 Å². The Hall–Kier alpha value is -2.63. The molecule has 1 atom stereocenters. The molecule has 0 aromatic heterocycles. The molecule has 6 nitrogen and oxygen atoms in total. The van der Waals surface area contributed by atoms with Crippen molar-refractivity contribution in [3.63, 3.8) is 0 Å². The maximum absolute atomic E-state index is 12.9. The van der Waals surface area contributed by atoms with Crippen molar-refractivity contribution in [3.05, 3.63) is 48.6 Å². The molecule has 456 valence electrons. The second-order valence-electron chi connectivity index (χ2n) is 23.4. The van der Waals surface area contributed by atoms with Gasteiger partial charge in [0.05, 0.1) is 0 Å². The lowest BCUT2D eigenvalue weighted by molar-refractivity contribution is -0.167. The van der Waals surface area contributed by atoms with Crippen LogP contribution < -0.4 is 0 Å². The zero-order chi connectivity index (χ0) is 56.4. The van der Waals surface area contributed by atoms with Crippen molar-refractivity contribution in [2.45, 2.75) is 380 Å². The molecule has 0 radical (unpaired) electrons. The van der Waals surface area contributed by atoms with Gasteiger partial charge in [0.15, 0.2) is 6.10 Å². The molecule has 0 aliphatic heterocycles. The van der Waals surface area contributed by atoms with Crippen molar-refractivity contribution in [1.82, 2.24) is 0 Å². The van der Waals surface area contributed by atoms with Gasteiger partial charge < -0.3 is 14.2 Å². The van der Waals surface area contributed by atoms with Crippen LogP contribution in [0.15, 0.2) is 48.6 Å². The number of hydrogen-bond acceptors (Lipinski definition) is 6. The predicted octanol–water partition coefficient (Wildman–Crippen LogP) is 23.7. The number of unbranched alkanes of at least 4 members (excludes halogenated alkanes) is 45. The van der Waals surface area contributed by atoms with E-state index in [2.05, 4.69) is 69.4 Å². The fraction of sp³-hybridized carbons (Fsp3) is 0.847. The molecule has 0 amide bonds. The first-order valence-electron chi connectivity index (χ1n) is 34.6. The minimum absolute atomic E-state index is 0.0777. The first kappa shape index (κ1) is 75.4. The summed E-state index contributed by atoms with van der Waals surface area (Å²) in [5.74, 6) is -0.879. The molecule has 0 heterocycles. The van der Waals surface area contributed by atoms with Gasteiger partial charge in [0.25, 0.3) is 0 Å². The largest absolute Gasteiger partial charge is 0.462 e. The highest BCUT2D eigenvalue weighted by atomic mass is 16.6. The maximum Gasteiger partial charge on any atom is 0.306 e. The highest BCUT2D eigenvalue weighted by molar-refractivity contribution is 5.71. The van der Waals surface area contributed by atoms with E-state index in [4.69, 9.17) is 14.2 Å². The van der Waals surface area contributed by atoms with Crippen LogP contribution in [0.25, 0.3) is 0 Å². The van der Waals surface area contributed by atoms with E-state index in [1.54, 1.807) is 0 Å². The molecule has 0 fully saturated rings. The molecule has 0 aliphatic carbocycles. The van der Waals surface area contributed by atoms with Crippen molar-refractivity contribution in [3.8, 4) is 0 Å². The average molecular weight is 1090 g/mol. The number of esters is 3. The van der Waals surface area contributed by atoms with Gasteiger partial charge in [0.1, 0.15) is 13.2 Å². The molecule has 0 aromatic carbocycles. The molecule has 78 heavy (non-hydrogen) atoms. The van der Waals surface area contributed by atoms with Crippen molar-refractivity contribution >= 4 is 17.9 Å². The van der Waals surface area contributed by atoms with E-state index in [0.29, 0.717) is 19.3 Å². The molecule has 6 heteroatoms. The fourth-order valence-corrected chi connectivity index (χ4v) is 10.3. The molecule has 0 spiro atoms. The van der Waals surface area contributed by atoms with E-state index < -0.39 is 6.10 Å². The molecular formula is C72H132O6. The summed E-state index contributed by atoms with van der Waals surface area (Å²) >= 11 is 0. The molecule has 0 saturated heterocycles. The molecule has 0 saturated carbocycles. The molecule has 0 N–H and O–H groups in total. The van der Waals surface area contributed by atoms with Crippen molar-refractivity contribution < 1.29 is 28.6 Å². The van der Waals surface area contributed by atoms with Gasteiger partial charge in [-0.1, -0.05) is 326 Å². The summed E-state index contributed by atoms with van der Waals surface area (Å²) in [6, 6.07) is 0. The highest BCUT2D eigenvalue weighted by Gasteiger charge is 2.19. The van der Waals surface area contributed by atoms with Crippen LogP contribution in [0.4, 0.5) is 0 Å². The van der Waals surface area contributed by atoms with Gasteiger partial charge in [-0.25, -0.2) is 0 Å². The summed E-state index contributed by atoms with van der Waals surface area (Å²) in [5.41, 5.74) is 0. The highest BCUT2D eigenvalue weighted by Crippen LogP contribution is 2.18. The first-order valence-corrected chi connectivity index (χ1v) is 34.6. The van der Waals surface area contributed by atoms with Gasteiger partial charge in [-0.3, -0.25) is 14.4 Å². The van der Waals surface area contributed by atoms with Crippen molar-refractivity contribution in [2.24, 2.45) is 0 Å². The van der Waals surface area contributed by atoms with Crippen LogP contribution in [-0.2, 0) is 28.6 Å². The molecular weight excluding hydrogens is 961 g/mol. The Bertz CT molecular complexity index is 1350. The lowest BCUT2D eigenvalue weighted by atomic mass is 10.0. The van der Waals surface area contributed by atoms with Gasteiger partial charge in [-0.15, -0.1) is 0 Å². The van der Waals surface area contributed by atoms with Gasteiger partial charge in [-0.2, -0.15) is 0 Å². The van der Waals surface area contributed by atoms with Crippen LogP contribution in [0.2, 0.25) is 0 Å². The number of allylic oxidation sites excluding steroid dienone is 8. The number of carbonyl (C=O) groups excluding carboxylic acids is 3. The molecule has 0 bridgehead atoms. The average Bonchev–Trinajstić information content (AvgIpc) is 3.44. The number of carbonyl (C=O) groups is 3. The number of ether oxygens (including phenoxy) is 3. The fourth-order valence-electron chi connectivity index (χ4n) is 10.3. The van der Waals surface area contributed by atoms with E-state index in [1.165, 1.54) is 250 Å². The summed E-state index contributed by atoms with van der Waals surface area (Å²) in [5, 5.41) is 0. The van der Waals surface area contributed by atoms with Crippen LogP contribution in [0.3, 0.4) is 0 Å². The third-order valence-electron chi connectivity index (χ3n) is 15.6. The van der Waals surface area contributed by atoms with Gasteiger partial charge in [0.2, 0.25) is 0 Å². The third-order valence-corrected chi connectivity index (χ3v) is 15.6. The topological polar surface area (TPSA) is 78.9 Å². The van der Waals surface area contributed by atoms with Gasteiger partial charge in [-0.05, 0) is 77.0 Å². The smallest absolute Gasteiger partial charge is 0.306 e. The van der Waals surface area contributed by atoms with E-state index in [-0.39, 0.29) is 31.1 Å². The zero-order valence-corrected chi connectivity index (χ0v) is 52.5. The summed E-state index contributed by atoms with van der Waals surface area (Å²) in [6.07, 6.45) is 84.3. The van der Waals surface area contributed by atoms with Gasteiger partial charge in [0, 0.05) is 19.3 Å². The molecule has 0 rings (SSSR count). The summed E-state index contributed by atoms with van der Waals surface area (Å²) in [4.78, 5) is 38.3. The van der Waals surface area contributed by atoms with Crippen LogP contribution in [-0.4, -0.2) is 37.2 Å². The summed E-state index contributed by atoms with van der Waals surface area (Å²) in [7, 11) is 0. The van der Waals surface area contributed by atoms with Crippen molar-refractivity contribution in [2.75, 3.05) is 13.2 Å². The van der Waals surface area contributed by atoms with Crippen LogP contribution in [0.5, 0.6) is 0 Å². The summed E-state index contributed by atoms with van der Waals surface area (Å²) in [6.45, 7) is 6.63. The lowest BCUT2D eigenvalue weighted by Gasteiger charge is -2.18. The molecule has 0 aromatic rings. The SMILES string of the molecule is CCCC/C=C\CCCCCCCC(=O)OCC(COC(=O)CCCCCCCCCCCCCCCCCCCCCCCCCCCCCC)OC(=O)CCCCCCCC/C=C\C/C=C\C/C=C\CCCCCCC. The maximum atomic E-state index is 12.9. The van der Waals surface area contributed by atoms with E-state index >= 15 is 0 Å². The molecule has 1 unspecified atom stereocenters. The monoisotopic (exact) mass is 1090 g/mol. The molecule has 0 aliphatic rings. The first-order chi connectivity index (χ1) is 38.5. The standard InChI is InChI=1S/C72H132O6/c1-4-7-10-13-16-19-22-24-26-28-30-32-33-34-35-36-37-38-40-41-43-45-47-50-53-56-59-62-65-71(74)77-68-69(67-76-70(73)64-61-58-55-52-49-21-18-15-12-9-6-3)78-72(75)66-63-60-57-54-51-48-46-44-42-39-31-29-27-25-23-20-17-14-11-8-5-2/h15,18,23,25,29,31,42,44,69H,4-14,16-17,19-22,24,26-28,30,32-41,43,45-68H2,1-3H3/b18-15-,25-23-,31-29-,44-42-. The van der Waals surface area contributed by atoms with E-state index in [1.807, 2.05) is 0 Å². The number of rotatable bonds is 64. The Balaban J connectivity index is 4.19. The summed E-state index contributed by atoms with van der Waals surface area (Å²) < 4.78 is 16.9. The Morgan fingerprint density at radius 1 is 0.256 bits per heavy atom. The van der Waals surface area contributed by atoms with E-state index in [0.717, 1.165) is 83.5 Å². The van der Waals surface area contributed by atoms with Crippen LogP contribution in [0.1, 0.15) is 374 Å².